The van der Waals surface area contributed by atoms with Crippen LogP contribution in [0.2, 0.25) is 0 Å². The van der Waals surface area contributed by atoms with Crippen molar-refractivity contribution in [3.05, 3.63) is 29.6 Å². The SMILES string of the molecule is CC(C)N1C2CCC1c1cnccc12. The molecular formula is C12H16N2. The van der Waals surface area contributed by atoms with E-state index in [-0.39, 0.29) is 0 Å². The summed E-state index contributed by atoms with van der Waals surface area (Å²) >= 11 is 0. The fourth-order valence-corrected chi connectivity index (χ4v) is 3.18. The Bertz CT molecular complexity index is 328. The minimum Gasteiger partial charge on any atom is -0.287 e. The van der Waals surface area contributed by atoms with Crippen LogP contribution < -0.4 is 0 Å². The zero-order valence-corrected chi connectivity index (χ0v) is 8.77. The van der Waals surface area contributed by atoms with E-state index in [2.05, 4.69) is 36.0 Å². The average molecular weight is 188 g/mol. The number of hydrogen-bond acceptors (Lipinski definition) is 2. The fourth-order valence-electron chi connectivity index (χ4n) is 3.18. The van der Waals surface area contributed by atoms with Gasteiger partial charge in [0, 0.05) is 30.5 Å². The molecule has 3 rings (SSSR count). The molecular weight excluding hydrogens is 172 g/mol. The lowest BCUT2D eigenvalue weighted by atomic mass is 9.94. The molecule has 0 aliphatic carbocycles. The van der Waals surface area contributed by atoms with Crippen LogP contribution in [0.15, 0.2) is 18.5 Å². The zero-order chi connectivity index (χ0) is 9.71. The highest BCUT2D eigenvalue weighted by Crippen LogP contribution is 2.53. The van der Waals surface area contributed by atoms with E-state index in [1.54, 1.807) is 0 Å². The second kappa shape index (κ2) is 2.80. The Morgan fingerprint density at radius 3 is 2.64 bits per heavy atom. The molecule has 0 saturated carbocycles. The summed E-state index contributed by atoms with van der Waals surface area (Å²) in [6, 6.07) is 4.19. The van der Waals surface area contributed by atoms with Crippen LogP contribution in [0, 0.1) is 0 Å². The number of pyridine rings is 1. The smallest absolute Gasteiger partial charge is 0.0376 e. The van der Waals surface area contributed by atoms with Gasteiger partial charge in [0.1, 0.15) is 0 Å². The third-order valence-electron chi connectivity index (χ3n) is 3.63. The van der Waals surface area contributed by atoms with Crippen LogP contribution in [0.1, 0.15) is 49.9 Å². The van der Waals surface area contributed by atoms with Gasteiger partial charge in [0.15, 0.2) is 0 Å². The van der Waals surface area contributed by atoms with Crippen molar-refractivity contribution < 1.29 is 0 Å². The van der Waals surface area contributed by atoms with Crippen LogP contribution in [0.3, 0.4) is 0 Å². The van der Waals surface area contributed by atoms with Crippen LogP contribution in [-0.4, -0.2) is 15.9 Å². The topological polar surface area (TPSA) is 16.1 Å². The molecule has 0 spiro atoms. The molecule has 2 aliphatic heterocycles. The van der Waals surface area contributed by atoms with E-state index < -0.39 is 0 Å². The number of fused-ring (bicyclic) bond motifs is 5. The van der Waals surface area contributed by atoms with E-state index in [0.29, 0.717) is 18.1 Å². The molecule has 2 aliphatic rings. The van der Waals surface area contributed by atoms with E-state index in [1.807, 2.05) is 6.20 Å². The summed E-state index contributed by atoms with van der Waals surface area (Å²) in [7, 11) is 0. The van der Waals surface area contributed by atoms with Gasteiger partial charge in [-0.2, -0.15) is 0 Å². The highest BCUT2D eigenvalue weighted by atomic mass is 15.3. The number of rotatable bonds is 1. The van der Waals surface area contributed by atoms with Crippen molar-refractivity contribution in [1.29, 1.82) is 0 Å². The second-order valence-electron chi connectivity index (χ2n) is 4.65. The summed E-state index contributed by atoms with van der Waals surface area (Å²) in [6.45, 7) is 4.59. The second-order valence-corrected chi connectivity index (χ2v) is 4.65. The molecule has 74 valence electrons. The molecule has 1 aromatic heterocycles. The van der Waals surface area contributed by atoms with E-state index in [4.69, 9.17) is 0 Å². The van der Waals surface area contributed by atoms with Crippen LogP contribution in [0.25, 0.3) is 0 Å². The first-order valence-corrected chi connectivity index (χ1v) is 5.50. The standard InChI is InChI=1S/C12H16N2/c1-8(2)14-11-3-4-12(14)10-7-13-6-5-9(10)11/h5-8,11-12H,3-4H2,1-2H3. The van der Waals surface area contributed by atoms with Gasteiger partial charge < -0.3 is 0 Å². The van der Waals surface area contributed by atoms with Crippen LogP contribution >= 0.6 is 0 Å². The number of aromatic nitrogens is 1. The van der Waals surface area contributed by atoms with Crippen LogP contribution in [-0.2, 0) is 0 Å². The zero-order valence-electron chi connectivity index (χ0n) is 8.77. The molecule has 2 heteroatoms. The van der Waals surface area contributed by atoms with Gasteiger partial charge in [0.2, 0.25) is 0 Å². The molecule has 0 amide bonds. The molecule has 2 nitrogen and oxygen atoms in total. The molecule has 0 radical (unpaired) electrons. The Morgan fingerprint density at radius 2 is 2.00 bits per heavy atom. The molecule has 14 heavy (non-hydrogen) atoms. The number of nitrogens with zero attached hydrogens (tertiary/aromatic N) is 2. The van der Waals surface area contributed by atoms with Gasteiger partial charge in [0.25, 0.3) is 0 Å². The van der Waals surface area contributed by atoms with E-state index in [1.165, 1.54) is 24.0 Å². The highest BCUT2D eigenvalue weighted by Gasteiger charge is 2.44. The first-order chi connectivity index (χ1) is 6.79. The normalized spacial score (nSPS) is 29.9. The lowest BCUT2D eigenvalue weighted by Gasteiger charge is -2.26. The lowest BCUT2D eigenvalue weighted by molar-refractivity contribution is 0.174. The first-order valence-electron chi connectivity index (χ1n) is 5.50. The molecule has 2 bridgehead atoms. The Labute approximate surface area is 85.0 Å². The van der Waals surface area contributed by atoms with Gasteiger partial charge >= 0.3 is 0 Å². The Morgan fingerprint density at radius 1 is 1.29 bits per heavy atom. The fraction of sp³-hybridized carbons (Fsp3) is 0.583. The van der Waals surface area contributed by atoms with E-state index >= 15 is 0 Å². The molecule has 1 aromatic rings. The van der Waals surface area contributed by atoms with Crippen molar-refractivity contribution in [1.82, 2.24) is 9.88 Å². The third-order valence-corrected chi connectivity index (χ3v) is 3.63. The maximum absolute atomic E-state index is 4.24. The average Bonchev–Trinajstić information content (AvgIpc) is 2.73. The van der Waals surface area contributed by atoms with E-state index in [0.717, 1.165) is 0 Å². The molecule has 0 N–H and O–H groups in total. The van der Waals surface area contributed by atoms with Crippen molar-refractivity contribution in [2.75, 3.05) is 0 Å². The van der Waals surface area contributed by atoms with Gasteiger partial charge in [-0.3, -0.25) is 9.88 Å². The Kier molecular flexibility index (Phi) is 1.68. The Hall–Kier alpha value is -0.890. The number of hydrogen-bond donors (Lipinski definition) is 0. The van der Waals surface area contributed by atoms with Crippen LogP contribution in [0.4, 0.5) is 0 Å². The predicted molar refractivity (Wildman–Crippen MR) is 55.9 cm³/mol. The van der Waals surface area contributed by atoms with E-state index in [9.17, 15) is 0 Å². The van der Waals surface area contributed by atoms with Gasteiger partial charge in [-0.25, -0.2) is 0 Å². The third kappa shape index (κ3) is 0.921. The summed E-state index contributed by atoms with van der Waals surface area (Å²) in [5, 5.41) is 0. The minimum atomic E-state index is 0.653. The Balaban J connectivity index is 2.09. The summed E-state index contributed by atoms with van der Waals surface area (Å²) in [5.41, 5.74) is 3.02. The van der Waals surface area contributed by atoms with Crippen molar-refractivity contribution in [2.45, 2.75) is 44.8 Å². The summed E-state index contributed by atoms with van der Waals surface area (Å²) < 4.78 is 0. The largest absolute Gasteiger partial charge is 0.287 e. The molecule has 0 aromatic carbocycles. The van der Waals surface area contributed by atoms with Crippen molar-refractivity contribution in [2.24, 2.45) is 0 Å². The monoisotopic (exact) mass is 188 g/mol. The molecule has 2 atom stereocenters. The summed E-state index contributed by atoms with van der Waals surface area (Å²) in [5.74, 6) is 0. The predicted octanol–water partition coefficient (Wildman–Crippen LogP) is 2.68. The van der Waals surface area contributed by atoms with Gasteiger partial charge in [-0.05, 0) is 43.9 Å². The first kappa shape index (κ1) is 8.42. The van der Waals surface area contributed by atoms with Gasteiger partial charge in [0.05, 0.1) is 0 Å². The quantitative estimate of drug-likeness (QED) is 0.673. The minimum absolute atomic E-state index is 0.653. The van der Waals surface area contributed by atoms with Gasteiger partial charge in [-0.1, -0.05) is 0 Å². The molecule has 3 heterocycles. The summed E-state index contributed by atoms with van der Waals surface area (Å²) in [4.78, 5) is 6.89. The summed E-state index contributed by atoms with van der Waals surface area (Å²) in [6.07, 6.45) is 6.65. The van der Waals surface area contributed by atoms with Gasteiger partial charge in [-0.15, -0.1) is 0 Å². The lowest BCUT2D eigenvalue weighted by Crippen LogP contribution is -2.27. The molecule has 1 saturated heterocycles. The maximum Gasteiger partial charge on any atom is 0.0376 e. The molecule has 2 unspecified atom stereocenters. The van der Waals surface area contributed by atoms with Crippen LogP contribution in [0.5, 0.6) is 0 Å². The maximum atomic E-state index is 4.24. The highest BCUT2D eigenvalue weighted by molar-refractivity contribution is 5.37. The van der Waals surface area contributed by atoms with Crippen molar-refractivity contribution in [3.8, 4) is 0 Å². The van der Waals surface area contributed by atoms with Crippen molar-refractivity contribution in [3.63, 3.8) is 0 Å². The van der Waals surface area contributed by atoms with Crippen molar-refractivity contribution >= 4 is 0 Å². The molecule has 1 fully saturated rings.